The average molecular weight is 249 g/mol. The summed E-state index contributed by atoms with van der Waals surface area (Å²) in [6, 6.07) is 0.0542. The lowest BCUT2D eigenvalue weighted by Gasteiger charge is -2.18. The molecule has 2 atom stereocenters. The summed E-state index contributed by atoms with van der Waals surface area (Å²) < 4.78 is 7.23. The number of nitrogens with one attached hydrogen (secondary N) is 1. The molecule has 5 heteroatoms. The topological polar surface area (TPSA) is 56.2 Å². The summed E-state index contributed by atoms with van der Waals surface area (Å²) in [5, 5.41) is 6.95. The molecule has 0 aromatic carbocycles. The Hall–Kier alpha value is -1.62. The van der Waals surface area contributed by atoms with Crippen molar-refractivity contribution in [1.82, 2.24) is 15.1 Å². The lowest BCUT2D eigenvalue weighted by atomic mass is 10.1. The second kappa shape index (κ2) is 5.82. The Kier molecular flexibility index (Phi) is 4.15. The second-order valence-corrected chi connectivity index (χ2v) is 4.63. The molecule has 98 valence electrons. The highest BCUT2D eigenvalue weighted by Crippen LogP contribution is 2.15. The van der Waals surface area contributed by atoms with Crippen molar-refractivity contribution >= 4 is 12.0 Å². The molecule has 5 nitrogen and oxygen atoms in total. The molecule has 1 N–H and O–H groups in total. The van der Waals surface area contributed by atoms with Crippen LogP contribution in [0.4, 0.5) is 0 Å². The van der Waals surface area contributed by atoms with Crippen LogP contribution in [0.2, 0.25) is 0 Å². The molecule has 0 spiro atoms. The van der Waals surface area contributed by atoms with Gasteiger partial charge in [-0.25, -0.2) is 0 Å². The normalized spacial score (nSPS) is 21.3. The monoisotopic (exact) mass is 249 g/mol. The van der Waals surface area contributed by atoms with Crippen LogP contribution in [0.25, 0.3) is 6.08 Å². The Morgan fingerprint density at radius 3 is 3.17 bits per heavy atom. The van der Waals surface area contributed by atoms with Crippen LogP contribution in [0.3, 0.4) is 0 Å². The first kappa shape index (κ1) is 12.8. The molecule has 0 unspecified atom stereocenters. The van der Waals surface area contributed by atoms with Crippen molar-refractivity contribution in [3.8, 4) is 0 Å². The van der Waals surface area contributed by atoms with E-state index in [1.54, 1.807) is 17.0 Å². The maximum Gasteiger partial charge on any atom is 0.244 e. The van der Waals surface area contributed by atoms with Crippen molar-refractivity contribution in [3.63, 3.8) is 0 Å². The molecule has 1 amide bonds. The summed E-state index contributed by atoms with van der Waals surface area (Å²) >= 11 is 0. The SMILES string of the molecule is C[C@H](NC(=O)/C=C/c1cnn(C)c1)[C@@H]1CCCO1. The van der Waals surface area contributed by atoms with Gasteiger partial charge >= 0.3 is 0 Å². The van der Waals surface area contributed by atoms with E-state index in [1.165, 1.54) is 6.08 Å². The van der Waals surface area contributed by atoms with E-state index < -0.39 is 0 Å². The fourth-order valence-electron chi connectivity index (χ4n) is 2.06. The van der Waals surface area contributed by atoms with Gasteiger partial charge in [-0.3, -0.25) is 9.48 Å². The standard InChI is InChI=1S/C13H19N3O2/c1-10(12-4-3-7-18-12)15-13(17)6-5-11-8-14-16(2)9-11/h5-6,8-10,12H,3-4,7H2,1-2H3,(H,15,17)/b6-5+/t10-,12-/m0/s1. The summed E-state index contributed by atoms with van der Waals surface area (Å²) in [5.41, 5.74) is 0.914. The Bertz CT molecular complexity index is 433. The highest BCUT2D eigenvalue weighted by atomic mass is 16.5. The van der Waals surface area contributed by atoms with Crippen LogP contribution in [-0.2, 0) is 16.6 Å². The molecular weight excluding hydrogens is 230 g/mol. The molecule has 0 aliphatic carbocycles. The van der Waals surface area contributed by atoms with Crippen LogP contribution in [-0.4, -0.2) is 34.4 Å². The van der Waals surface area contributed by atoms with Gasteiger partial charge in [0.2, 0.25) is 5.91 Å². The Balaban J connectivity index is 1.82. The third-order valence-electron chi connectivity index (χ3n) is 3.04. The Labute approximate surface area is 107 Å². The van der Waals surface area contributed by atoms with Gasteiger partial charge in [0.05, 0.1) is 18.3 Å². The van der Waals surface area contributed by atoms with Crippen molar-refractivity contribution in [3.05, 3.63) is 24.0 Å². The van der Waals surface area contributed by atoms with Gasteiger partial charge in [-0.2, -0.15) is 5.10 Å². The average Bonchev–Trinajstić information content (AvgIpc) is 2.97. The number of hydrogen-bond donors (Lipinski definition) is 1. The van der Waals surface area contributed by atoms with Gasteiger partial charge in [0.25, 0.3) is 0 Å². The summed E-state index contributed by atoms with van der Waals surface area (Å²) in [4.78, 5) is 11.7. The zero-order valence-corrected chi connectivity index (χ0v) is 10.8. The molecule has 2 rings (SSSR count). The number of amides is 1. The lowest BCUT2D eigenvalue weighted by Crippen LogP contribution is -2.39. The minimum Gasteiger partial charge on any atom is -0.376 e. The number of aryl methyl sites for hydroxylation is 1. The Morgan fingerprint density at radius 2 is 2.56 bits per heavy atom. The number of carbonyl (C=O) groups is 1. The van der Waals surface area contributed by atoms with E-state index >= 15 is 0 Å². The highest BCUT2D eigenvalue weighted by molar-refractivity contribution is 5.91. The van der Waals surface area contributed by atoms with Gasteiger partial charge in [0.15, 0.2) is 0 Å². The summed E-state index contributed by atoms with van der Waals surface area (Å²) in [6.45, 7) is 2.78. The molecule has 18 heavy (non-hydrogen) atoms. The molecule has 0 radical (unpaired) electrons. The third-order valence-corrected chi connectivity index (χ3v) is 3.04. The van der Waals surface area contributed by atoms with E-state index in [1.807, 2.05) is 20.2 Å². The predicted octanol–water partition coefficient (Wildman–Crippen LogP) is 1.12. The molecular formula is C13H19N3O2. The number of nitrogens with zero attached hydrogens (tertiary/aromatic N) is 2. The van der Waals surface area contributed by atoms with Gasteiger partial charge < -0.3 is 10.1 Å². The lowest BCUT2D eigenvalue weighted by molar-refractivity contribution is -0.117. The van der Waals surface area contributed by atoms with E-state index in [0.29, 0.717) is 0 Å². The fourth-order valence-corrected chi connectivity index (χ4v) is 2.06. The van der Waals surface area contributed by atoms with Crippen molar-refractivity contribution in [1.29, 1.82) is 0 Å². The van der Waals surface area contributed by atoms with Crippen LogP contribution in [0, 0.1) is 0 Å². The molecule has 1 aromatic heterocycles. The largest absolute Gasteiger partial charge is 0.376 e. The molecule has 1 aliphatic heterocycles. The summed E-state index contributed by atoms with van der Waals surface area (Å²) in [6.07, 6.45) is 9.11. The van der Waals surface area contributed by atoms with Crippen LogP contribution in [0.15, 0.2) is 18.5 Å². The smallest absolute Gasteiger partial charge is 0.244 e. The van der Waals surface area contributed by atoms with E-state index in [0.717, 1.165) is 25.0 Å². The van der Waals surface area contributed by atoms with E-state index in [2.05, 4.69) is 10.4 Å². The van der Waals surface area contributed by atoms with Crippen molar-refractivity contribution in [2.45, 2.75) is 31.9 Å². The van der Waals surface area contributed by atoms with Crippen molar-refractivity contribution in [2.75, 3.05) is 6.61 Å². The number of ether oxygens (including phenoxy) is 1. The fraction of sp³-hybridized carbons (Fsp3) is 0.538. The van der Waals surface area contributed by atoms with Crippen LogP contribution >= 0.6 is 0 Å². The predicted molar refractivity (Wildman–Crippen MR) is 68.8 cm³/mol. The van der Waals surface area contributed by atoms with Crippen LogP contribution in [0.5, 0.6) is 0 Å². The third kappa shape index (κ3) is 3.43. The highest BCUT2D eigenvalue weighted by Gasteiger charge is 2.22. The summed E-state index contributed by atoms with van der Waals surface area (Å²) in [7, 11) is 1.84. The molecule has 1 aliphatic rings. The van der Waals surface area contributed by atoms with Crippen LogP contribution in [0.1, 0.15) is 25.3 Å². The van der Waals surface area contributed by atoms with Gasteiger partial charge in [-0.1, -0.05) is 0 Å². The minimum atomic E-state index is -0.0955. The molecule has 0 saturated carbocycles. The molecule has 0 bridgehead atoms. The first-order valence-corrected chi connectivity index (χ1v) is 6.24. The van der Waals surface area contributed by atoms with E-state index in [4.69, 9.17) is 4.74 Å². The zero-order valence-electron chi connectivity index (χ0n) is 10.8. The minimum absolute atomic E-state index is 0.0542. The zero-order chi connectivity index (χ0) is 13.0. The summed E-state index contributed by atoms with van der Waals surface area (Å²) in [5.74, 6) is -0.0955. The number of aromatic nitrogens is 2. The molecule has 1 saturated heterocycles. The van der Waals surface area contributed by atoms with Crippen LogP contribution < -0.4 is 5.32 Å². The quantitative estimate of drug-likeness (QED) is 0.813. The van der Waals surface area contributed by atoms with Gasteiger partial charge in [0, 0.05) is 31.5 Å². The maximum atomic E-state index is 11.7. The van der Waals surface area contributed by atoms with Gasteiger partial charge in [0.1, 0.15) is 0 Å². The number of carbonyl (C=O) groups excluding carboxylic acids is 1. The second-order valence-electron chi connectivity index (χ2n) is 4.63. The molecule has 2 heterocycles. The number of rotatable bonds is 4. The maximum absolute atomic E-state index is 11.7. The van der Waals surface area contributed by atoms with E-state index in [-0.39, 0.29) is 18.1 Å². The van der Waals surface area contributed by atoms with Crippen molar-refractivity contribution < 1.29 is 9.53 Å². The first-order valence-electron chi connectivity index (χ1n) is 6.24. The van der Waals surface area contributed by atoms with E-state index in [9.17, 15) is 4.79 Å². The molecule has 1 aromatic rings. The number of hydrogen-bond acceptors (Lipinski definition) is 3. The van der Waals surface area contributed by atoms with Gasteiger partial charge in [-0.15, -0.1) is 0 Å². The molecule has 1 fully saturated rings. The first-order chi connectivity index (χ1) is 8.65. The van der Waals surface area contributed by atoms with Gasteiger partial charge in [-0.05, 0) is 25.8 Å². The van der Waals surface area contributed by atoms with Crippen molar-refractivity contribution in [2.24, 2.45) is 7.05 Å². The Morgan fingerprint density at radius 1 is 1.72 bits per heavy atom.